The van der Waals surface area contributed by atoms with E-state index < -0.39 is 0 Å². The van der Waals surface area contributed by atoms with Crippen molar-refractivity contribution in [2.45, 2.75) is 31.4 Å². The van der Waals surface area contributed by atoms with Crippen LogP contribution in [0.25, 0.3) is 0 Å². The van der Waals surface area contributed by atoms with Gasteiger partial charge in [0.15, 0.2) is 11.5 Å². The topological polar surface area (TPSA) is 39.7 Å². The summed E-state index contributed by atoms with van der Waals surface area (Å²) in [6, 6.07) is 4.69. The summed E-state index contributed by atoms with van der Waals surface area (Å²) in [7, 11) is 0. The summed E-state index contributed by atoms with van der Waals surface area (Å²) in [6.07, 6.45) is 3.57. The van der Waals surface area contributed by atoms with Crippen molar-refractivity contribution in [3.63, 3.8) is 0 Å². The highest BCUT2D eigenvalue weighted by Crippen LogP contribution is 2.41. The van der Waals surface area contributed by atoms with E-state index >= 15 is 0 Å². The first-order valence-corrected chi connectivity index (χ1v) is 6.69. The van der Waals surface area contributed by atoms with Crippen LogP contribution in [0.2, 0.25) is 0 Å². The van der Waals surface area contributed by atoms with E-state index in [9.17, 15) is 0 Å². The van der Waals surface area contributed by atoms with Gasteiger partial charge in [0.05, 0.1) is 12.7 Å². The molecule has 4 heteroatoms. The minimum absolute atomic E-state index is 0.172. The van der Waals surface area contributed by atoms with Crippen LogP contribution in [0.5, 0.6) is 11.5 Å². The maximum absolute atomic E-state index is 5.99. The van der Waals surface area contributed by atoms with Crippen LogP contribution in [0.3, 0.4) is 0 Å². The molecule has 4 nitrogen and oxygen atoms in total. The fourth-order valence-electron chi connectivity index (χ4n) is 3.17. The van der Waals surface area contributed by atoms with Crippen LogP contribution in [0.15, 0.2) is 12.1 Å². The van der Waals surface area contributed by atoms with Gasteiger partial charge in [-0.15, -0.1) is 0 Å². The molecule has 1 saturated heterocycles. The summed E-state index contributed by atoms with van der Waals surface area (Å²) >= 11 is 0. The smallest absolute Gasteiger partial charge is 0.231 e. The van der Waals surface area contributed by atoms with Gasteiger partial charge in [-0.1, -0.05) is 0 Å². The average Bonchev–Trinajstić information content (AvgIpc) is 3.06. The summed E-state index contributed by atoms with van der Waals surface area (Å²) in [5, 5.41) is 3.54. The summed E-state index contributed by atoms with van der Waals surface area (Å²) in [4.78, 5) is 0. The normalized spacial score (nSPS) is 29.3. The largest absolute Gasteiger partial charge is 0.454 e. The molecule has 18 heavy (non-hydrogen) atoms. The third-order valence-electron chi connectivity index (χ3n) is 4.07. The lowest BCUT2D eigenvalue weighted by Crippen LogP contribution is -2.33. The van der Waals surface area contributed by atoms with Gasteiger partial charge in [-0.25, -0.2) is 0 Å². The molecule has 1 unspecified atom stereocenters. The first kappa shape index (κ1) is 10.6. The molecule has 0 bridgehead atoms. The summed E-state index contributed by atoms with van der Waals surface area (Å²) in [5.41, 5.74) is 2.63. The van der Waals surface area contributed by atoms with E-state index in [0.717, 1.165) is 31.1 Å². The molecule has 0 spiro atoms. The lowest BCUT2D eigenvalue weighted by Gasteiger charge is -2.30. The molecule has 3 aliphatic rings. The maximum atomic E-state index is 5.99. The molecule has 3 heterocycles. The van der Waals surface area contributed by atoms with Gasteiger partial charge in [-0.3, -0.25) is 0 Å². The summed E-state index contributed by atoms with van der Waals surface area (Å²) in [6.45, 7) is 2.24. The Bertz CT molecular complexity index is 468. The minimum Gasteiger partial charge on any atom is -0.454 e. The van der Waals surface area contributed by atoms with E-state index in [0.29, 0.717) is 12.8 Å². The van der Waals surface area contributed by atoms with E-state index in [-0.39, 0.29) is 6.10 Å². The number of fused-ring (bicyclic) bond motifs is 2. The SMILES string of the molecule is c1c2c(cc3c1OCO3)C([C@@H]1CCCN1)OCC2. The van der Waals surface area contributed by atoms with E-state index in [2.05, 4.69) is 17.4 Å². The van der Waals surface area contributed by atoms with E-state index in [1.165, 1.54) is 24.0 Å². The third-order valence-corrected chi connectivity index (χ3v) is 4.07. The minimum atomic E-state index is 0.172. The van der Waals surface area contributed by atoms with Crippen molar-refractivity contribution >= 4 is 0 Å². The van der Waals surface area contributed by atoms with Crippen LogP contribution in [-0.4, -0.2) is 26.0 Å². The van der Waals surface area contributed by atoms with Crippen molar-refractivity contribution in [2.24, 2.45) is 0 Å². The van der Waals surface area contributed by atoms with Crippen molar-refractivity contribution in [1.29, 1.82) is 0 Å². The standard InChI is InChI=1S/C14H17NO3/c1-2-11(15-4-1)14-10-7-13-12(17-8-18-13)6-9(10)3-5-16-14/h6-7,11,14-15H,1-5,8H2/t11-,14?/m0/s1. The van der Waals surface area contributed by atoms with Crippen molar-refractivity contribution in [1.82, 2.24) is 5.32 Å². The average molecular weight is 247 g/mol. The second-order valence-corrected chi connectivity index (χ2v) is 5.15. The molecule has 0 amide bonds. The zero-order chi connectivity index (χ0) is 11.9. The predicted octanol–water partition coefficient (Wildman–Crippen LogP) is 1.78. The van der Waals surface area contributed by atoms with Gasteiger partial charge in [-0.05, 0) is 49.1 Å². The van der Waals surface area contributed by atoms with Crippen LogP contribution in [-0.2, 0) is 11.2 Å². The molecule has 1 aromatic rings. The molecule has 1 N–H and O–H groups in total. The summed E-state index contributed by atoms with van der Waals surface area (Å²) < 4.78 is 16.9. The molecule has 0 saturated carbocycles. The third kappa shape index (κ3) is 1.60. The maximum Gasteiger partial charge on any atom is 0.231 e. The van der Waals surface area contributed by atoms with Crippen molar-refractivity contribution < 1.29 is 14.2 Å². The van der Waals surface area contributed by atoms with Crippen LogP contribution in [0.4, 0.5) is 0 Å². The Hall–Kier alpha value is -1.26. The van der Waals surface area contributed by atoms with Gasteiger partial charge in [0.2, 0.25) is 6.79 Å². The van der Waals surface area contributed by atoms with Crippen LogP contribution in [0, 0.1) is 0 Å². The zero-order valence-electron chi connectivity index (χ0n) is 10.3. The number of nitrogens with one attached hydrogen (secondary N) is 1. The number of hydrogen-bond acceptors (Lipinski definition) is 4. The molecule has 0 aliphatic carbocycles. The Balaban J connectivity index is 1.73. The van der Waals surface area contributed by atoms with Crippen LogP contribution < -0.4 is 14.8 Å². The Kier molecular flexibility index (Phi) is 2.45. The molecule has 3 aliphatic heterocycles. The first-order chi connectivity index (χ1) is 8.92. The highest BCUT2D eigenvalue weighted by Gasteiger charge is 2.32. The highest BCUT2D eigenvalue weighted by molar-refractivity contribution is 5.50. The van der Waals surface area contributed by atoms with Crippen molar-refractivity contribution in [2.75, 3.05) is 19.9 Å². The van der Waals surface area contributed by atoms with Gasteiger partial charge in [0.1, 0.15) is 0 Å². The Morgan fingerprint density at radius 3 is 2.89 bits per heavy atom. The number of ether oxygens (including phenoxy) is 3. The van der Waals surface area contributed by atoms with E-state index in [1.54, 1.807) is 0 Å². The first-order valence-electron chi connectivity index (χ1n) is 6.69. The van der Waals surface area contributed by atoms with E-state index in [1.807, 2.05) is 0 Å². The number of benzene rings is 1. The Morgan fingerprint density at radius 2 is 2.06 bits per heavy atom. The second kappa shape index (κ2) is 4.14. The summed E-state index contributed by atoms with van der Waals surface area (Å²) in [5.74, 6) is 1.75. The Labute approximate surface area is 106 Å². The lowest BCUT2D eigenvalue weighted by atomic mass is 9.92. The molecule has 2 atom stereocenters. The van der Waals surface area contributed by atoms with Crippen LogP contribution in [0.1, 0.15) is 30.1 Å². The molecule has 1 fully saturated rings. The molecular formula is C14H17NO3. The number of rotatable bonds is 1. The van der Waals surface area contributed by atoms with Crippen molar-refractivity contribution in [3.8, 4) is 11.5 Å². The zero-order valence-corrected chi connectivity index (χ0v) is 10.3. The van der Waals surface area contributed by atoms with Gasteiger partial charge >= 0.3 is 0 Å². The van der Waals surface area contributed by atoms with Gasteiger partial charge < -0.3 is 19.5 Å². The van der Waals surface area contributed by atoms with Gasteiger partial charge in [-0.2, -0.15) is 0 Å². The fourth-order valence-corrected chi connectivity index (χ4v) is 3.17. The molecule has 0 aromatic heterocycles. The molecule has 1 aromatic carbocycles. The Morgan fingerprint density at radius 1 is 1.17 bits per heavy atom. The quantitative estimate of drug-likeness (QED) is 0.821. The molecule has 96 valence electrons. The lowest BCUT2D eigenvalue weighted by molar-refractivity contribution is 0.0198. The molecule has 0 radical (unpaired) electrons. The second-order valence-electron chi connectivity index (χ2n) is 5.15. The number of hydrogen-bond donors (Lipinski definition) is 1. The van der Waals surface area contributed by atoms with Gasteiger partial charge in [0, 0.05) is 6.04 Å². The highest BCUT2D eigenvalue weighted by atomic mass is 16.7. The fraction of sp³-hybridized carbons (Fsp3) is 0.571. The van der Waals surface area contributed by atoms with Crippen molar-refractivity contribution in [3.05, 3.63) is 23.3 Å². The van der Waals surface area contributed by atoms with Gasteiger partial charge in [0.25, 0.3) is 0 Å². The van der Waals surface area contributed by atoms with Crippen LogP contribution >= 0.6 is 0 Å². The molecule has 4 rings (SSSR count). The predicted molar refractivity (Wildman–Crippen MR) is 66.0 cm³/mol. The van der Waals surface area contributed by atoms with E-state index in [4.69, 9.17) is 14.2 Å². The monoisotopic (exact) mass is 247 g/mol. The molecular weight excluding hydrogens is 230 g/mol.